The fourth-order valence-corrected chi connectivity index (χ4v) is 3.42. The third-order valence-corrected chi connectivity index (χ3v) is 5.41. The van der Waals surface area contributed by atoms with Gasteiger partial charge < -0.3 is 4.52 Å². The number of thiazole rings is 1. The van der Waals surface area contributed by atoms with E-state index in [2.05, 4.69) is 22.0 Å². The van der Waals surface area contributed by atoms with Gasteiger partial charge in [0.05, 0.1) is 22.0 Å². The molecule has 0 aliphatic carbocycles. The molecule has 3 aromatic rings. The van der Waals surface area contributed by atoms with E-state index in [0.717, 1.165) is 17.1 Å². The smallest absolute Gasteiger partial charge is 0.233 e. The maximum Gasteiger partial charge on any atom is 0.233 e. The first-order valence-electron chi connectivity index (χ1n) is 7.02. The van der Waals surface area contributed by atoms with Gasteiger partial charge in [0.1, 0.15) is 0 Å². The van der Waals surface area contributed by atoms with E-state index in [-0.39, 0.29) is 4.90 Å². The number of sulfone groups is 1. The molecule has 6 nitrogen and oxygen atoms in total. The topological polar surface area (TPSA) is 86.0 Å². The molecule has 2 heterocycles. The Bertz CT molecular complexity index is 912. The van der Waals surface area contributed by atoms with Crippen molar-refractivity contribution in [1.82, 2.24) is 15.1 Å². The van der Waals surface area contributed by atoms with Gasteiger partial charge in [0.25, 0.3) is 0 Å². The van der Waals surface area contributed by atoms with Crippen molar-refractivity contribution >= 4 is 21.2 Å². The zero-order valence-corrected chi connectivity index (χ0v) is 14.3. The zero-order chi connectivity index (χ0) is 16.4. The molecule has 3 rings (SSSR count). The summed E-state index contributed by atoms with van der Waals surface area (Å²) in [5.74, 6) is 0.922. The summed E-state index contributed by atoms with van der Waals surface area (Å²) in [6.45, 7) is 2.06. The maximum atomic E-state index is 11.5. The van der Waals surface area contributed by atoms with Crippen molar-refractivity contribution in [3.63, 3.8) is 0 Å². The molecule has 0 bridgehead atoms. The van der Waals surface area contributed by atoms with Crippen molar-refractivity contribution < 1.29 is 12.9 Å². The van der Waals surface area contributed by atoms with Crippen LogP contribution in [0.2, 0.25) is 0 Å². The van der Waals surface area contributed by atoms with Crippen LogP contribution in [-0.2, 0) is 22.7 Å². The fraction of sp³-hybridized carbons (Fsp3) is 0.267. The van der Waals surface area contributed by atoms with Crippen LogP contribution < -0.4 is 0 Å². The van der Waals surface area contributed by atoms with Gasteiger partial charge in [-0.05, 0) is 30.7 Å². The highest BCUT2D eigenvalue weighted by molar-refractivity contribution is 7.90. The molecule has 1 aromatic carbocycles. The lowest BCUT2D eigenvalue weighted by atomic mass is 10.2. The van der Waals surface area contributed by atoms with Gasteiger partial charge in [0, 0.05) is 17.2 Å². The molecule has 0 radical (unpaired) electrons. The van der Waals surface area contributed by atoms with Crippen molar-refractivity contribution in [2.24, 2.45) is 0 Å². The van der Waals surface area contributed by atoms with Gasteiger partial charge in [-0.2, -0.15) is 4.98 Å². The predicted molar refractivity (Wildman–Crippen MR) is 87.1 cm³/mol. The number of aryl methyl sites for hydroxylation is 1. The van der Waals surface area contributed by atoms with Crippen molar-refractivity contribution in [3.8, 4) is 11.4 Å². The molecule has 2 aromatic heterocycles. The van der Waals surface area contributed by atoms with Crippen molar-refractivity contribution in [2.45, 2.75) is 24.7 Å². The van der Waals surface area contributed by atoms with Crippen LogP contribution in [-0.4, -0.2) is 29.8 Å². The van der Waals surface area contributed by atoms with E-state index >= 15 is 0 Å². The average Bonchev–Trinajstić information content (AvgIpc) is 3.16. The highest BCUT2D eigenvalue weighted by Gasteiger charge is 2.12. The van der Waals surface area contributed by atoms with Crippen molar-refractivity contribution in [3.05, 3.63) is 46.2 Å². The predicted octanol–water partition coefficient (Wildman–Crippen LogP) is 2.75. The first kappa shape index (κ1) is 15.8. The van der Waals surface area contributed by atoms with Crippen molar-refractivity contribution in [2.75, 3.05) is 6.26 Å². The molecule has 0 saturated heterocycles. The normalized spacial score (nSPS) is 11.7. The molecule has 0 aliphatic rings. The SMILES string of the molecule is CCc1nc(Cc2nc(-c3ccc(S(C)(=O)=O)cc3)no2)cs1. The molecular formula is C15H15N3O3S2. The van der Waals surface area contributed by atoms with Gasteiger partial charge in [-0.15, -0.1) is 11.3 Å². The summed E-state index contributed by atoms with van der Waals surface area (Å²) in [5.41, 5.74) is 1.62. The second-order valence-electron chi connectivity index (χ2n) is 5.07. The Morgan fingerprint density at radius 2 is 1.91 bits per heavy atom. The second-order valence-corrected chi connectivity index (χ2v) is 8.03. The molecule has 0 fully saturated rings. The summed E-state index contributed by atoms with van der Waals surface area (Å²) in [6.07, 6.45) is 2.57. The molecule has 8 heteroatoms. The lowest BCUT2D eigenvalue weighted by Gasteiger charge is -1.98. The molecule has 0 atom stereocenters. The Morgan fingerprint density at radius 1 is 1.17 bits per heavy atom. The van der Waals surface area contributed by atoms with E-state index < -0.39 is 9.84 Å². The molecular weight excluding hydrogens is 334 g/mol. The molecule has 0 unspecified atom stereocenters. The maximum absolute atomic E-state index is 11.5. The zero-order valence-electron chi connectivity index (χ0n) is 12.7. The van der Waals surface area contributed by atoms with E-state index in [1.807, 2.05) is 5.38 Å². The Hall–Kier alpha value is -2.06. The monoisotopic (exact) mass is 349 g/mol. The number of aromatic nitrogens is 3. The summed E-state index contributed by atoms with van der Waals surface area (Å²) in [4.78, 5) is 9.07. The second kappa shape index (κ2) is 6.21. The summed E-state index contributed by atoms with van der Waals surface area (Å²) >= 11 is 1.62. The summed E-state index contributed by atoms with van der Waals surface area (Å²) < 4.78 is 28.2. The summed E-state index contributed by atoms with van der Waals surface area (Å²) in [5, 5.41) is 7.01. The highest BCUT2D eigenvalue weighted by atomic mass is 32.2. The third-order valence-electron chi connectivity index (χ3n) is 3.24. The van der Waals surface area contributed by atoms with Crippen LogP contribution in [0.25, 0.3) is 11.4 Å². The van der Waals surface area contributed by atoms with Crippen LogP contribution >= 0.6 is 11.3 Å². The van der Waals surface area contributed by atoms with Crippen LogP contribution in [0.5, 0.6) is 0 Å². The van der Waals surface area contributed by atoms with E-state index in [4.69, 9.17) is 4.52 Å². The minimum atomic E-state index is -3.21. The molecule has 0 N–H and O–H groups in total. The lowest BCUT2D eigenvalue weighted by Crippen LogP contribution is -1.96. The van der Waals surface area contributed by atoms with E-state index in [9.17, 15) is 8.42 Å². The number of hydrogen-bond donors (Lipinski definition) is 0. The van der Waals surface area contributed by atoms with Gasteiger partial charge in [-0.1, -0.05) is 12.1 Å². The minimum absolute atomic E-state index is 0.263. The standard InChI is InChI=1S/C15H15N3O3S2/c1-3-14-16-11(9-22-14)8-13-17-15(18-21-13)10-4-6-12(7-5-10)23(2,19)20/h4-7,9H,3,8H2,1-2H3. The van der Waals surface area contributed by atoms with Gasteiger partial charge in [-0.25, -0.2) is 13.4 Å². The van der Waals surface area contributed by atoms with Gasteiger partial charge >= 0.3 is 0 Å². The number of benzene rings is 1. The van der Waals surface area contributed by atoms with E-state index in [1.165, 1.54) is 18.4 Å². The van der Waals surface area contributed by atoms with Crippen LogP contribution in [0.4, 0.5) is 0 Å². The number of hydrogen-bond acceptors (Lipinski definition) is 7. The molecule has 23 heavy (non-hydrogen) atoms. The largest absolute Gasteiger partial charge is 0.339 e. The fourth-order valence-electron chi connectivity index (χ4n) is 2.04. The lowest BCUT2D eigenvalue weighted by molar-refractivity contribution is 0.385. The van der Waals surface area contributed by atoms with Crippen LogP contribution in [0.15, 0.2) is 39.1 Å². The molecule has 0 saturated carbocycles. The Balaban J connectivity index is 1.78. The molecule has 0 aliphatic heterocycles. The molecule has 120 valence electrons. The third kappa shape index (κ3) is 3.65. The van der Waals surface area contributed by atoms with Crippen molar-refractivity contribution in [1.29, 1.82) is 0 Å². The quantitative estimate of drug-likeness (QED) is 0.704. The van der Waals surface area contributed by atoms with Gasteiger partial charge in [-0.3, -0.25) is 0 Å². The molecule has 0 spiro atoms. The highest BCUT2D eigenvalue weighted by Crippen LogP contribution is 2.20. The van der Waals surface area contributed by atoms with Crippen LogP contribution in [0, 0.1) is 0 Å². The summed E-state index contributed by atoms with van der Waals surface area (Å²) in [6, 6.07) is 6.41. The Morgan fingerprint density at radius 3 is 2.52 bits per heavy atom. The first-order valence-corrected chi connectivity index (χ1v) is 9.79. The number of rotatable bonds is 5. The summed E-state index contributed by atoms with van der Waals surface area (Å²) in [7, 11) is -3.21. The first-order chi connectivity index (χ1) is 11.0. The average molecular weight is 349 g/mol. The minimum Gasteiger partial charge on any atom is -0.339 e. The van der Waals surface area contributed by atoms with E-state index in [0.29, 0.717) is 23.7 Å². The van der Waals surface area contributed by atoms with E-state index in [1.54, 1.807) is 23.5 Å². The Labute approximate surface area is 138 Å². The van der Waals surface area contributed by atoms with Crippen LogP contribution in [0.3, 0.4) is 0 Å². The molecule has 0 amide bonds. The number of nitrogens with zero attached hydrogens (tertiary/aromatic N) is 3. The van der Waals surface area contributed by atoms with Gasteiger partial charge in [0.2, 0.25) is 11.7 Å². The Kier molecular flexibility index (Phi) is 4.27. The van der Waals surface area contributed by atoms with Crippen LogP contribution in [0.1, 0.15) is 23.5 Å². The van der Waals surface area contributed by atoms with Gasteiger partial charge in [0.15, 0.2) is 9.84 Å².